The number of hydrogen-bond donors (Lipinski definition) is 0. The lowest BCUT2D eigenvalue weighted by atomic mass is 9.66. The summed E-state index contributed by atoms with van der Waals surface area (Å²) in [7, 11) is 0. The predicted octanol–water partition coefficient (Wildman–Crippen LogP) is 15.5. The summed E-state index contributed by atoms with van der Waals surface area (Å²) in [5.41, 5.74) is 15.8. The molecule has 0 N–H and O–H groups in total. The molecule has 290 valence electrons. The van der Waals surface area contributed by atoms with Crippen molar-refractivity contribution in [2.24, 2.45) is 0 Å². The lowest BCUT2D eigenvalue weighted by molar-refractivity contribution is 0.436. The summed E-state index contributed by atoms with van der Waals surface area (Å²) >= 11 is 0. The van der Waals surface area contributed by atoms with E-state index in [1.54, 1.807) is 0 Å². The first kappa shape index (κ1) is 34.7. The fourth-order valence-corrected chi connectivity index (χ4v) is 10.5. The summed E-state index contributed by atoms with van der Waals surface area (Å²) in [4.78, 5) is 2.44. The highest BCUT2D eigenvalue weighted by Gasteiger charge is 2.51. The largest absolute Gasteiger partial charge is 0.457 e. The number of fused-ring (bicyclic) bond motifs is 13. The van der Waals surface area contributed by atoms with E-state index in [0.717, 1.165) is 45.4 Å². The Balaban J connectivity index is 1.08. The van der Waals surface area contributed by atoms with E-state index in [0.29, 0.717) is 0 Å². The van der Waals surface area contributed by atoms with Crippen LogP contribution in [0.15, 0.2) is 231 Å². The SMILES string of the molecule is c1ccc(-c2ccc(N(c3ccc4c(c3)C3(c5ccccc5Oc5ccccc53)c3cc5ccccc5cc3-4)c3ccc4c(c3)c3ccccc3n4-c3ccccc3)cc2)cc1. The number of benzene rings is 10. The molecule has 11 aromatic rings. The average molecular weight is 791 g/mol. The van der Waals surface area contributed by atoms with Crippen molar-refractivity contribution in [3.05, 3.63) is 253 Å². The van der Waals surface area contributed by atoms with Gasteiger partial charge in [0.05, 0.1) is 16.4 Å². The van der Waals surface area contributed by atoms with Gasteiger partial charge in [0.1, 0.15) is 11.5 Å². The Labute approximate surface area is 360 Å². The van der Waals surface area contributed by atoms with E-state index < -0.39 is 5.41 Å². The molecule has 0 unspecified atom stereocenters. The lowest BCUT2D eigenvalue weighted by Gasteiger charge is -2.39. The number of nitrogens with zero attached hydrogens (tertiary/aromatic N) is 2. The molecule has 10 aromatic carbocycles. The van der Waals surface area contributed by atoms with Crippen molar-refractivity contribution in [2.75, 3.05) is 4.90 Å². The molecule has 3 nitrogen and oxygen atoms in total. The first-order valence-corrected chi connectivity index (χ1v) is 21.3. The third kappa shape index (κ3) is 5.00. The molecule has 62 heavy (non-hydrogen) atoms. The molecule has 1 aromatic heterocycles. The van der Waals surface area contributed by atoms with Gasteiger partial charge in [0.2, 0.25) is 0 Å². The van der Waals surface area contributed by atoms with Crippen LogP contribution < -0.4 is 9.64 Å². The van der Waals surface area contributed by atoms with Crippen LogP contribution in [-0.4, -0.2) is 4.57 Å². The molecule has 2 heterocycles. The van der Waals surface area contributed by atoms with Gasteiger partial charge in [-0.15, -0.1) is 0 Å². The zero-order valence-electron chi connectivity index (χ0n) is 33.7. The molecule has 0 fully saturated rings. The first-order chi connectivity index (χ1) is 30.7. The molecule has 0 radical (unpaired) electrons. The maximum absolute atomic E-state index is 6.74. The molecule has 0 amide bonds. The second kappa shape index (κ2) is 13.4. The Morgan fingerprint density at radius 1 is 0.355 bits per heavy atom. The topological polar surface area (TPSA) is 17.4 Å². The standard InChI is InChI=1S/C59H38N2O/c1-3-15-39(16-4-1)40-27-29-44(30-28-40)60(45-32-34-56-50(37-45)48-21-9-12-24-55(48)61(56)43-19-5-2-6-20-43)46-31-33-47-49-35-41-17-7-8-18-42(41)36-53(49)59(54(47)38-46)51-22-10-13-25-57(51)62-58-26-14-11-23-52(58)59/h1-38H. The van der Waals surface area contributed by atoms with Gasteiger partial charge in [-0.05, 0) is 129 Å². The first-order valence-electron chi connectivity index (χ1n) is 21.3. The minimum atomic E-state index is -0.619. The maximum atomic E-state index is 6.74. The smallest absolute Gasteiger partial charge is 0.132 e. The number of anilines is 3. The molecule has 1 aliphatic heterocycles. The Bertz CT molecular complexity index is 3500. The fourth-order valence-electron chi connectivity index (χ4n) is 10.5. The van der Waals surface area contributed by atoms with E-state index in [1.807, 2.05) is 0 Å². The Hall–Kier alpha value is -8.14. The Morgan fingerprint density at radius 3 is 1.66 bits per heavy atom. The molecule has 1 spiro atoms. The van der Waals surface area contributed by atoms with Crippen LogP contribution in [0.3, 0.4) is 0 Å². The molecular weight excluding hydrogens is 753 g/mol. The molecule has 1 aliphatic carbocycles. The molecule has 0 bridgehead atoms. The van der Waals surface area contributed by atoms with Gasteiger partial charge in [-0.25, -0.2) is 0 Å². The fraction of sp³-hybridized carbons (Fsp3) is 0.0169. The van der Waals surface area contributed by atoms with Gasteiger partial charge in [-0.1, -0.05) is 146 Å². The Kier molecular flexibility index (Phi) is 7.52. The van der Waals surface area contributed by atoms with Gasteiger partial charge >= 0.3 is 0 Å². The summed E-state index contributed by atoms with van der Waals surface area (Å²) in [5.74, 6) is 1.77. The van der Waals surface area contributed by atoms with Crippen molar-refractivity contribution in [2.45, 2.75) is 5.41 Å². The average Bonchev–Trinajstić information content (AvgIpc) is 3.81. The van der Waals surface area contributed by atoms with Crippen LogP contribution in [-0.2, 0) is 5.41 Å². The van der Waals surface area contributed by atoms with E-state index in [4.69, 9.17) is 4.74 Å². The minimum Gasteiger partial charge on any atom is -0.457 e. The number of hydrogen-bond acceptors (Lipinski definition) is 2. The minimum absolute atomic E-state index is 0.619. The maximum Gasteiger partial charge on any atom is 0.132 e. The highest BCUT2D eigenvalue weighted by molar-refractivity contribution is 6.11. The van der Waals surface area contributed by atoms with Crippen molar-refractivity contribution < 1.29 is 4.74 Å². The summed E-state index contributed by atoms with van der Waals surface area (Å²) in [6.07, 6.45) is 0. The lowest BCUT2D eigenvalue weighted by Crippen LogP contribution is -2.32. The molecule has 13 rings (SSSR count). The van der Waals surface area contributed by atoms with Gasteiger partial charge in [0.15, 0.2) is 0 Å². The van der Waals surface area contributed by atoms with Crippen LogP contribution >= 0.6 is 0 Å². The molecule has 0 atom stereocenters. The highest BCUT2D eigenvalue weighted by atomic mass is 16.5. The number of para-hydroxylation sites is 4. The molecule has 2 aliphatic rings. The van der Waals surface area contributed by atoms with Crippen LogP contribution in [0.25, 0.3) is 60.5 Å². The summed E-state index contributed by atoms with van der Waals surface area (Å²) in [5, 5.41) is 4.88. The van der Waals surface area contributed by atoms with Crippen molar-refractivity contribution in [1.82, 2.24) is 4.57 Å². The van der Waals surface area contributed by atoms with Gasteiger partial charge in [-0.3, -0.25) is 0 Å². The van der Waals surface area contributed by atoms with Crippen molar-refractivity contribution in [3.8, 4) is 39.4 Å². The molecular formula is C59H38N2O. The second-order valence-corrected chi connectivity index (χ2v) is 16.5. The second-order valence-electron chi connectivity index (χ2n) is 16.5. The van der Waals surface area contributed by atoms with Crippen LogP contribution in [0.1, 0.15) is 22.3 Å². The molecule has 3 heteroatoms. The van der Waals surface area contributed by atoms with E-state index in [1.165, 1.54) is 66.0 Å². The zero-order chi connectivity index (χ0) is 40.8. The van der Waals surface area contributed by atoms with Crippen molar-refractivity contribution in [3.63, 3.8) is 0 Å². The van der Waals surface area contributed by atoms with E-state index >= 15 is 0 Å². The Morgan fingerprint density at radius 2 is 0.903 bits per heavy atom. The number of ether oxygens (including phenoxy) is 1. The summed E-state index contributed by atoms with van der Waals surface area (Å²) in [6, 6.07) is 84.0. The third-order valence-electron chi connectivity index (χ3n) is 13.2. The van der Waals surface area contributed by atoms with Crippen LogP contribution in [0.4, 0.5) is 17.1 Å². The zero-order valence-corrected chi connectivity index (χ0v) is 33.7. The van der Waals surface area contributed by atoms with Crippen LogP contribution in [0, 0.1) is 0 Å². The number of aromatic nitrogens is 1. The van der Waals surface area contributed by atoms with Gasteiger partial charge in [-0.2, -0.15) is 0 Å². The van der Waals surface area contributed by atoms with Gasteiger partial charge in [0, 0.05) is 44.6 Å². The monoisotopic (exact) mass is 790 g/mol. The van der Waals surface area contributed by atoms with Crippen LogP contribution in [0.2, 0.25) is 0 Å². The highest BCUT2D eigenvalue weighted by Crippen LogP contribution is 2.63. The van der Waals surface area contributed by atoms with Gasteiger partial charge in [0.25, 0.3) is 0 Å². The van der Waals surface area contributed by atoms with Crippen molar-refractivity contribution >= 4 is 49.6 Å². The van der Waals surface area contributed by atoms with E-state index in [2.05, 4.69) is 240 Å². The normalized spacial score (nSPS) is 13.1. The molecule has 0 saturated heterocycles. The van der Waals surface area contributed by atoms with Gasteiger partial charge < -0.3 is 14.2 Å². The molecule has 0 saturated carbocycles. The number of rotatable bonds is 5. The van der Waals surface area contributed by atoms with E-state index in [-0.39, 0.29) is 0 Å². The van der Waals surface area contributed by atoms with E-state index in [9.17, 15) is 0 Å². The summed E-state index contributed by atoms with van der Waals surface area (Å²) in [6.45, 7) is 0. The van der Waals surface area contributed by atoms with Crippen LogP contribution in [0.5, 0.6) is 11.5 Å². The predicted molar refractivity (Wildman–Crippen MR) is 256 cm³/mol. The quantitative estimate of drug-likeness (QED) is 0.173. The third-order valence-corrected chi connectivity index (χ3v) is 13.2. The van der Waals surface area contributed by atoms with Crippen molar-refractivity contribution in [1.29, 1.82) is 0 Å². The summed E-state index contributed by atoms with van der Waals surface area (Å²) < 4.78 is 9.13.